The van der Waals surface area contributed by atoms with Crippen molar-refractivity contribution < 1.29 is 0 Å². The zero-order valence-corrected chi connectivity index (χ0v) is 22.5. The first-order chi connectivity index (χ1) is 14.2. The van der Waals surface area contributed by atoms with E-state index >= 15 is 0 Å². The minimum Gasteiger partial charge on any atom is -0.0683 e. The van der Waals surface area contributed by atoms with Gasteiger partial charge in [-0.05, 0) is 85.5 Å². The van der Waals surface area contributed by atoms with Crippen LogP contribution < -0.4 is 0 Å². The molecule has 0 aliphatic rings. The average molecular weight is 417 g/mol. The lowest BCUT2D eigenvalue weighted by Gasteiger charge is -2.17. The smallest absolute Gasteiger partial charge is 0.0274 e. The van der Waals surface area contributed by atoms with E-state index in [9.17, 15) is 0 Å². The molecule has 30 heavy (non-hydrogen) atoms. The van der Waals surface area contributed by atoms with E-state index in [4.69, 9.17) is 0 Å². The summed E-state index contributed by atoms with van der Waals surface area (Å²) in [4.78, 5) is 0. The third kappa shape index (κ3) is 13.5. The van der Waals surface area contributed by atoms with Crippen LogP contribution in [0.5, 0.6) is 0 Å². The van der Waals surface area contributed by atoms with Crippen LogP contribution >= 0.6 is 0 Å². The van der Waals surface area contributed by atoms with Gasteiger partial charge in [0.15, 0.2) is 0 Å². The van der Waals surface area contributed by atoms with E-state index in [1.54, 1.807) is 11.1 Å². The molecule has 0 aliphatic heterocycles. The van der Waals surface area contributed by atoms with E-state index in [1.165, 1.54) is 75.3 Å². The molecule has 0 heterocycles. The molecule has 0 amide bonds. The Kier molecular flexibility index (Phi) is 16.4. The van der Waals surface area contributed by atoms with Gasteiger partial charge < -0.3 is 0 Å². The number of hydrogen-bond acceptors (Lipinski definition) is 0. The Morgan fingerprint density at radius 1 is 0.533 bits per heavy atom. The van der Waals surface area contributed by atoms with Crippen LogP contribution in [0.4, 0.5) is 0 Å². The molecule has 1 aromatic rings. The van der Waals surface area contributed by atoms with Gasteiger partial charge in [-0.2, -0.15) is 0 Å². The van der Waals surface area contributed by atoms with Gasteiger partial charge in [-0.3, -0.25) is 0 Å². The van der Waals surface area contributed by atoms with Crippen LogP contribution in [0.2, 0.25) is 0 Å². The quantitative estimate of drug-likeness (QED) is 0.283. The van der Waals surface area contributed by atoms with Crippen molar-refractivity contribution in [2.24, 2.45) is 23.7 Å². The summed E-state index contributed by atoms with van der Waals surface area (Å²) in [6.07, 6.45) is 13.5. The summed E-state index contributed by atoms with van der Waals surface area (Å²) in [6, 6.07) is 4.99. The molecule has 176 valence electrons. The highest BCUT2D eigenvalue weighted by atomic mass is 14.2. The van der Waals surface area contributed by atoms with Crippen LogP contribution in [-0.2, 0) is 12.8 Å². The second-order valence-electron chi connectivity index (χ2n) is 10.6. The van der Waals surface area contributed by atoms with Gasteiger partial charge in [-0.1, -0.05) is 106 Å². The third-order valence-corrected chi connectivity index (χ3v) is 6.56. The number of benzene rings is 1. The van der Waals surface area contributed by atoms with Crippen LogP contribution in [0, 0.1) is 37.5 Å². The van der Waals surface area contributed by atoms with Crippen molar-refractivity contribution in [3.63, 3.8) is 0 Å². The summed E-state index contributed by atoms with van der Waals surface area (Å²) >= 11 is 0. The predicted molar refractivity (Wildman–Crippen MR) is 140 cm³/mol. The Morgan fingerprint density at radius 3 is 1.17 bits per heavy atom. The molecule has 1 aromatic carbocycles. The van der Waals surface area contributed by atoms with Crippen molar-refractivity contribution in [1.82, 2.24) is 0 Å². The van der Waals surface area contributed by atoms with Crippen LogP contribution in [0.25, 0.3) is 0 Å². The first kappa shape index (κ1) is 29.2. The van der Waals surface area contributed by atoms with Gasteiger partial charge in [0.05, 0.1) is 0 Å². The lowest BCUT2D eigenvalue weighted by Crippen LogP contribution is -2.03. The van der Waals surface area contributed by atoms with Gasteiger partial charge in [0.2, 0.25) is 0 Å². The summed E-state index contributed by atoms with van der Waals surface area (Å²) in [5, 5.41) is 0. The van der Waals surface area contributed by atoms with Gasteiger partial charge in [-0.15, -0.1) is 0 Å². The van der Waals surface area contributed by atoms with Crippen molar-refractivity contribution in [3.05, 3.63) is 34.4 Å². The first-order valence-electron chi connectivity index (χ1n) is 13.3. The number of hydrogen-bond donors (Lipinski definition) is 0. The maximum atomic E-state index is 2.49. The van der Waals surface area contributed by atoms with Crippen molar-refractivity contribution in [2.45, 2.75) is 133 Å². The molecule has 2 atom stereocenters. The predicted octanol–water partition coefficient (Wildman–Crippen LogP) is 10.1. The zero-order chi connectivity index (χ0) is 23.1. The van der Waals surface area contributed by atoms with Crippen LogP contribution in [0.1, 0.15) is 129 Å². The third-order valence-electron chi connectivity index (χ3n) is 6.56. The van der Waals surface area contributed by atoms with Crippen molar-refractivity contribution >= 4 is 0 Å². The highest BCUT2D eigenvalue weighted by molar-refractivity contribution is 5.37. The molecule has 0 bridgehead atoms. The van der Waals surface area contributed by atoms with E-state index in [0.29, 0.717) is 0 Å². The van der Waals surface area contributed by atoms with Gasteiger partial charge in [-0.25, -0.2) is 0 Å². The largest absolute Gasteiger partial charge is 0.0683 e. The fourth-order valence-corrected chi connectivity index (χ4v) is 4.32. The van der Waals surface area contributed by atoms with Crippen LogP contribution in [-0.4, -0.2) is 0 Å². The highest BCUT2D eigenvalue weighted by Gasteiger charge is 2.10. The monoisotopic (exact) mass is 416 g/mol. The average Bonchev–Trinajstić information content (AvgIpc) is 2.68. The molecule has 0 nitrogen and oxygen atoms in total. The highest BCUT2D eigenvalue weighted by Crippen LogP contribution is 2.24. The Morgan fingerprint density at radius 2 is 0.867 bits per heavy atom. The Labute approximate surface area is 191 Å². The van der Waals surface area contributed by atoms with E-state index in [-0.39, 0.29) is 0 Å². The molecule has 0 fully saturated rings. The summed E-state index contributed by atoms with van der Waals surface area (Å²) in [5.41, 5.74) is 6.20. The Balaban J connectivity index is 0.00000407. The van der Waals surface area contributed by atoms with Crippen molar-refractivity contribution in [3.8, 4) is 0 Å². The maximum absolute atomic E-state index is 2.49. The van der Waals surface area contributed by atoms with Crippen molar-refractivity contribution in [1.29, 1.82) is 0 Å². The Bertz CT molecular complexity index is 487. The standard InChI is InChI=1S/C28H50.C2H6/c1-21(2)11-9-13-23(5)15-17-27-19-26(8)28(20-25(27)7)18-16-24(6)14-10-12-22(3)4;1-2/h19-24H,9-18H2,1-8H3;1-2H3. The van der Waals surface area contributed by atoms with Gasteiger partial charge in [0, 0.05) is 0 Å². The lowest BCUT2D eigenvalue weighted by atomic mass is 9.89. The molecule has 0 radical (unpaired) electrons. The van der Waals surface area contributed by atoms with E-state index in [2.05, 4.69) is 67.5 Å². The zero-order valence-electron chi connectivity index (χ0n) is 22.5. The van der Waals surface area contributed by atoms with Crippen LogP contribution in [0.3, 0.4) is 0 Å². The molecule has 0 aliphatic carbocycles. The maximum Gasteiger partial charge on any atom is -0.0274 e. The second kappa shape index (κ2) is 16.9. The molecule has 0 N–H and O–H groups in total. The van der Waals surface area contributed by atoms with E-state index < -0.39 is 0 Å². The van der Waals surface area contributed by atoms with Crippen molar-refractivity contribution in [2.75, 3.05) is 0 Å². The molecule has 0 saturated heterocycles. The summed E-state index contributed by atoms with van der Waals surface area (Å²) in [7, 11) is 0. The summed E-state index contributed by atoms with van der Waals surface area (Å²) in [6.45, 7) is 22.9. The molecule has 0 aromatic heterocycles. The Hall–Kier alpha value is -0.780. The number of aryl methyl sites for hydroxylation is 4. The minimum absolute atomic E-state index is 0.850. The van der Waals surface area contributed by atoms with E-state index in [0.717, 1.165) is 23.7 Å². The number of rotatable bonds is 14. The lowest BCUT2D eigenvalue weighted by molar-refractivity contribution is 0.435. The van der Waals surface area contributed by atoms with Gasteiger partial charge >= 0.3 is 0 Å². The van der Waals surface area contributed by atoms with E-state index in [1.807, 2.05) is 13.8 Å². The summed E-state index contributed by atoms with van der Waals surface area (Å²) < 4.78 is 0. The normalized spacial score (nSPS) is 13.3. The molecular formula is C30H56. The first-order valence-corrected chi connectivity index (χ1v) is 13.3. The minimum atomic E-state index is 0.850. The summed E-state index contributed by atoms with van der Waals surface area (Å²) in [5.74, 6) is 3.40. The molecule has 0 spiro atoms. The molecule has 0 heteroatoms. The van der Waals surface area contributed by atoms with Gasteiger partial charge in [0.1, 0.15) is 0 Å². The molecule has 2 unspecified atom stereocenters. The fourth-order valence-electron chi connectivity index (χ4n) is 4.32. The van der Waals surface area contributed by atoms with Crippen LogP contribution in [0.15, 0.2) is 12.1 Å². The SMILES string of the molecule is CC.Cc1cc(CCC(C)CCCC(C)C)c(C)cc1CCC(C)CCCC(C)C. The molecule has 0 saturated carbocycles. The van der Waals surface area contributed by atoms with Gasteiger partial charge in [0.25, 0.3) is 0 Å². The topological polar surface area (TPSA) is 0 Å². The molecule has 1 rings (SSSR count). The fraction of sp³-hybridized carbons (Fsp3) is 0.800. The molecular weight excluding hydrogens is 360 g/mol. The second-order valence-corrected chi connectivity index (χ2v) is 10.6.